The van der Waals surface area contributed by atoms with Crippen LogP contribution in [0, 0.1) is 22.7 Å². The number of carbonyl (C=O) groups excluding carboxylic acids is 3. The van der Waals surface area contributed by atoms with Crippen molar-refractivity contribution in [1.29, 1.82) is 0 Å². The topological polar surface area (TPSA) is 155 Å². The number of allylic oxidation sites excluding steroid dienone is 1. The highest BCUT2D eigenvalue weighted by atomic mass is 28.4. The lowest BCUT2D eigenvalue weighted by molar-refractivity contribution is -0.344. The van der Waals surface area contributed by atoms with Crippen molar-refractivity contribution in [3.8, 4) is 0 Å². The summed E-state index contributed by atoms with van der Waals surface area (Å²) in [7, 11) is -4.74. The maximum absolute atomic E-state index is 17.1. The normalized spacial score (nSPS) is 31.5. The summed E-state index contributed by atoms with van der Waals surface area (Å²) in [6.45, 7) is 33.7. The lowest BCUT2D eigenvalue weighted by atomic mass is 9.45. The highest BCUT2D eigenvalue weighted by molar-refractivity contribution is 6.71. The number of esters is 2. The number of Topliss-reactive ketones (excluding diaryl/α,β-unsaturated/α-hetero) is 1. The Morgan fingerprint density at radius 1 is 0.758 bits per heavy atom. The van der Waals surface area contributed by atoms with E-state index in [0.717, 1.165) is 0 Å². The number of carbonyl (C=O) groups is 3. The number of ketones is 1. The molecule has 2 unspecified atom stereocenters. The summed E-state index contributed by atoms with van der Waals surface area (Å²) in [4.78, 5) is 45.7. The summed E-state index contributed by atoms with van der Waals surface area (Å²) >= 11 is 0. The molecule has 16 heteroatoms. The first-order valence-corrected chi connectivity index (χ1v) is 30.2. The van der Waals surface area contributed by atoms with Gasteiger partial charge < -0.3 is 45.9 Å². The molecule has 1 heterocycles. The van der Waals surface area contributed by atoms with Crippen molar-refractivity contribution in [3.05, 3.63) is 47.2 Å². The zero-order chi connectivity index (χ0) is 49.9. The van der Waals surface area contributed by atoms with Crippen LogP contribution in [-0.4, -0.2) is 112 Å². The lowest BCUT2D eigenvalue weighted by Gasteiger charge is -2.68. The minimum absolute atomic E-state index is 0.00986. The molecule has 4 aliphatic rings. The van der Waals surface area contributed by atoms with Crippen molar-refractivity contribution in [1.82, 2.24) is 0 Å². The minimum atomic E-state index is -3.40. The number of hydrogen-bond acceptors (Lipinski definition) is 13. The zero-order valence-electron chi connectivity index (χ0n) is 43.8. The van der Waals surface area contributed by atoms with Crippen molar-refractivity contribution in [2.24, 2.45) is 22.7 Å². The van der Waals surface area contributed by atoms with Crippen LogP contribution in [0.1, 0.15) is 141 Å². The Labute approximate surface area is 399 Å². The van der Waals surface area contributed by atoms with Gasteiger partial charge in [0.1, 0.15) is 23.6 Å². The standard InChI is InChI=1S/C50H84O13Si3/c1-29(2)64(55-18,30(3)4)61-38-27-50(54)45(59-46(53)37-24-22-21-23-25-37)43-48(17,44(52)42(41(35(38)13)47(50,15)16)63-66(57-20,33(9)10)34(11)12)39(62-65(56-19,31(5)6)32(7)8)26-40-49(43,28-58-40)60-36(14)51/h21-25,29-35,38-40,43,45,54H,26-28H2,1-20H3/t35?,38-,39-,40+,43?,45-,48+,49-,50+/m0/s1. The number of rotatable bonds is 18. The molecule has 0 spiro atoms. The van der Waals surface area contributed by atoms with Gasteiger partial charge >= 0.3 is 37.6 Å². The van der Waals surface area contributed by atoms with Gasteiger partial charge in [0, 0.05) is 63.5 Å². The summed E-state index contributed by atoms with van der Waals surface area (Å²) in [6, 6.07) is 8.60. The van der Waals surface area contributed by atoms with E-state index in [1.165, 1.54) is 6.92 Å². The monoisotopic (exact) mass is 977 g/mol. The number of benzene rings is 1. The van der Waals surface area contributed by atoms with Gasteiger partial charge in [-0.15, -0.1) is 0 Å². The van der Waals surface area contributed by atoms with Gasteiger partial charge in [0.25, 0.3) is 0 Å². The van der Waals surface area contributed by atoms with Crippen LogP contribution in [0.3, 0.4) is 0 Å². The van der Waals surface area contributed by atoms with Gasteiger partial charge in [0.15, 0.2) is 5.60 Å². The van der Waals surface area contributed by atoms with Crippen molar-refractivity contribution < 1.29 is 60.3 Å². The third kappa shape index (κ3) is 8.39. The lowest BCUT2D eigenvalue weighted by Crippen LogP contribution is -2.82. The quantitative estimate of drug-likeness (QED) is 0.110. The third-order valence-electron chi connectivity index (χ3n) is 16.6. The van der Waals surface area contributed by atoms with E-state index in [0.29, 0.717) is 5.57 Å². The smallest absolute Gasteiger partial charge is 0.403 e. The maximum Gasteiger partial charge on any atom is 0.403 e. The predicted molar refractivity (Wildman–Crippen MR) is 260 cm³/mol. The molecule has 1 N–H and O–H groups in total. The first-order chi connectivity index (χ1) is 30.5. The molecule has 2 saturated carbocycles. The van der Waals surface area contributed by atoms with Gasteiger partial charge in [-0.3, -0.25) is 9.59 Å². The fourth-order valence-corrected chi connectivity index (χ4v) is 23.7. The molecule has 0 aromatic heterocycles. The van der Waals surface area contributed by atoms with Crippen LogP contribution in [0.5, 0.6) is 0 Å². The molecule has 9 atom stereocenters. The number of ether oxygens (including phenoxy) is 3. The van der Waals surface area contributed by atoms with E-state index in [-0.39, 0.29) is 64.0 Å². The van der Waals surface area contributed by atoms with Crippen LogP contribution in [0.15, 0.2) is 41.7 Å². The highest BCUT2D eigenvalue weighted by Gasteiger charge is 2.79. The number of hydrogen-bond donors (Lipinski definition) is 1. The first-order valence-electron chi connectivity index (χ1n) is 24.3. The van der Waals surface area contributed by atoms with E-state index in [9.17, 15) is 14.7 Å². The largest absolute Gasteiger partial charge is 0.517 e. The molecule has 5 rings (SSSR count). The van der Waals surface area contributed by atoms with Gasteiger partial charge in [-0.25, -0.2) is 4.79 Å². The fourth-order valence-electron chi connectivity index (χ4n) is 13.0. The van der Waals surface area contributed by atoms with E-state index < -0.39 is 102 Å². The predicted octanol–water partition coefficient (Wildman–Crippen LogP) is 10.1. The molecule has 3 fully saturated rings. The summed E-state index contributed by atoms with van der Waals surface area (Å²) in [5.41, 5.74) is -6.32. The van der Waals surface area contributed by atoms with E-state index in [4.69, 9.17) is 40.8 Å². The average molecular weight is 977 g/mol. The van der Waals surface area contributed by atoms with Gasteiger partial charge in [-0.05, 0) is 46.8 Å². The Balaban J connectivity index is 2.04. The molecule has 1 aromatic rings. The molecule has 1 aromatic carbocycles. The Morgan fingerprint density at radius 3 is 1.67 bits per heavy atom. The van der Waals surface area contributed by atoms with Crippen molar-refractivity contribution in [2.75, 3.05) is 27.9 Å². The Kier molecular flexibility index (Phi) is 16.2. The second-order valence-electron chi connectivity index (χ2n) is 22.2. The van der Waals surface area contributed by atoms with Crippen molar-refractivity contribution >= 4 is 43.4 Å². The van der Waals surface area contributed by atoms with E-state index in [1.54, 1.807) is 51.7 Å². The summed E-state index contributed by atoms with van der Waals surface area (Å²) in [5, 5.41) is 14.5. The SMILES string of the molecule is CO[Si](OC1=C2C(C)[C@@H](O[Si](OC)(C(C)C)C(C)C)C[C@@](O)([C@@H](OC(=O)c3ccccc3)C3[C@](C)(C1=O)[C@@H](O[Si](OC)(C(C)C)C(C)C)C[C@H]1OC[C@@]31OC(C)=O)C2(C)C)(C(C)C)C(C)C. The Hall–Kier alpha value is -2.26. The zero-order valence-corrected chi connectivity index (χ0v) is 46.8. The minimum Gasteiger partial charge on any atom is -0.517 e. The van der Waals surface area contributed by atoms with Gasteiger partial charge in [-0.1, -0.05) is 122 Å². The van der Waals surface area contributed by atoms with Crippen molar-refractivity contribution in [3.63, 3.8) is 0 Å². The second kappa shape index (κ2) is 19.5. The van der Waals surface area contributed by atoms with Crippen molar-refractivity contribution in [2.45, 2.75) is 199 Å². The van der Waals surface area contributed by atoms with E-state index in [1.807, 2.05) is 27.7 Å². The molecule has 0 radical (unpaired) electrons. The molecule has 374 valence electrons. The Morgan fingerprint density at radius 2 is 1.24 bits per heavy atom. The molecular formula is C50H84O13Si3. The maximum atomic E-state index is 17.1. The molecular weight excluding hydrogens is 893 g/mol. The van der Waals surface area contributed by atoms with Gasteiger partial charge in [0.2, 0.25) is 5.78 Å². The summed E-state index contributed by atoms with van der Waals surface area (Å²) in [6.07, 6.45) is -3.94. The molecule has 3 aliphatic carbocycles. The molecule has 1 saturated heterocycles. The Bertz CT molecular complexity index is 1930. The van der Waals surface area contributed by atoms with Crippen LogP contribution in [0.25, 0.3) is 0 Å². The van der Waals surface area contributed by atoms with Crippen LogP contribution < -0.4 is 0 Å². The molecule has 0 amide bonds. The van der Waals surface area contributed by atoms with Crippen LogP contribution >= 0.6 is 0 Å². The first kappa shape index (κ1) is 54.7. The van der Waals surface area contributed by atoms with E-state index >= 15 is 4.79 Å². The summed E-state index contributed by atoms with van der Waals surface area (Å²) < 4.78 is 62.0. The van der Waals surface area contributed by atoms with Crippen LogP contribution in [-0.2, 0) is 50.4 Å². The highest BCUT2D eigenvalue weighted by Crippen LogP contribution is 2.66. The molecule has 66 heavy (non-hydrogen) atoms. The third-order valence-corrected chi connectivity index (χ3v) is 30.0. The number of fused-ring (bicyclic) bond motifs is 5. The average Bonchev–Trinajstić information content (AvgIpc) is 3.23. The van der Waals surface area contributed by atoms with Crippen LogP contribution in [0.2, 0.25) is 33.2 Å². The molecule has 2 bridgehead atoms. The fraction of sp³-hybridized carbons (Fsp3) is 0.780. The molecule has 1 aliphatic heterocycles. The van der Waals surface area contributed by atoms with Gasteiger partial charge in [0.05, 0.1) is 35.7 Å². The van der Waals surface area contributed by atoms with Crippen LogP contribution in [0.4, 0.5) is 0 Å². The molecule has 13 nitrogen and oxygen atoms in total. The van der Waals surface area contributed by atoms with E-state index in [2.05, 4.69) is 83.1 Å². The van der Waals surface area contributed by atoms with Gasteiger partial charge in [-0.2, -0.15) is 0 Å². The second-order valence-corrected chi connectivity index (χ2v) is 35.4. The number of aliphatic hydroxyl groups is 1. The summed E-state index contributed by atoms with van der Waals surface area (Å²) in [5.74, 6) is -3.45.